The molecule has 0 fully saturated rings. The van der Waals surface area contributed by atoms with Crippen LogP contribution in [0.4, 0.5) is 4.39 Å². The van der Waals surface area contributed by atoms with Crippen LogP contribution in [0.2, 0.25) is 0 Å². The van der Waals surface area contributed by atoms with Crippen molar-refractivity contribution in [3.8, 4) is 11.4 Å². The van der Waals surface area contributed by atoms with Crippen LogP contribution in [0.5, 0.6) is 0 Å². The lowest BCUT2D eigenvalue weighted by Crippen LogP contribution is -1.97. The van der Waals surface area contributed by atoms with E-state index in [9.17, 15) is 9.18 Å². The Labute approximate surface area is 92.5 Å². The van der Waals surface area contributed by atoms with E-state index in [1.807, 2.05) is 17.7 Å². The molecular formula is C12H11FN2O. The average molecular weight is 218 g/mol. The van der Waals surface area contributed by atoms with Gasteiger partial charge in [-0.15, -0.1) is 0 Å². The fourth-order valence-electron chi connectivity index (χ4n) is 1.59. The molecule has 0 atom stereocenters. The molecule has 0 saturated carbocycles. The van der Waals surface area contributed by atoms with Crippen LogP contribution in [-0.2, 0) is 6.54 Å². The molecule has 16 heavy (non-hydrogen) atoms. The van der Waals surface area contributed by atoms with Crippen LogP contribution in [0.15, 0.2) is 30.6 Å². The monoisotopic (exact) mass is 218 g/mol. The van der Waals surface area contributed by atoms with Crippen LogP contribution < -0.4 is 0 Å². The lowest BCUT2D eigenvalue weighted by molar-refractivity contribution is 0.112. The van der Waals surface area contributed by atoms with E-state index in [1.54, 1.807) is 12.3 Å². The first kappa shape index (κ1) is 10.5. The Morgan fingerprint density at radius 1 is 1.50 bits per heavy atom. The van der Waals surface area contributed by atoms with E-state index in [0.29, 0.717) is 17.7 Å². The van der Waals surface area contributed by atoms with E-state index >= 15 is 0 Å². The second kappa shape index (κ2) is 4.26. The van der Waals surface area contributed by atoms with E-state index in [-0.39, 0.29) is 5.56 Å². The Hall–Kier alpha value is -1.97. The highest BCUT2D eigenvalue weighted by atomic mass is 19.1. The van der Waals surface area contributed by atoms with Crippen molar-refractivity contribution in [3.63, 3.8) is 0 Å². The minimum Gasteiger partial charge on any atom is -0.331 e. The van der Waals surface area contributed by atoms with Crippen molar-refractivity contribution in [1.29, 1.82) is 0 Å². The molecule has 0 saturated heterocycles. The molecule has 0 radical (unpaired) electrons. The molecule has 2 aromatic rings. The lowest BCUT2D eigenvalue weighted by atomic mass is 10.1. The van der Waals surface area contributed by atoms with Gasteiger partial charge in [0.05, 0.1) is 5.56 Å². The van der Waals surface area contributed by atoms with Crippen molar-refractivity contribution in [3.05, 3.63) is 42.0 Å². The number of benzene rings is 1. The number of aldehydes is 1. The summed E-state index contributed by atoms with van der Waals surface area (Å²) in [7, 11) is 0. The van der Waals surface area contributed by atoms with E-state index in [0.717, 1.165) is 6.54 Å². The number of rotatable bonds is 3. The molecule has 1 aromatic carbocycles. The van der Waals surface area contributed by atoms with Crippen molar-refractivity contribution < 1.29 is 9.18 Å². The van der Waals surface area contributed by atoms with Gasteiger partial charge in [0, 0.05) is 24.5 Å². The summed E-state index contributed by atoms with van der Waals surface area (Å²) >= 11 is 0. The number of aromatic nitrogens is 2. The van der Waals surface area contributed by atoms with Crippen LogP contribution >= 0.6 is 0 Å². The first-order valence-corrected chi connectivity index (χ1v) is 5.02. The number of carbonyl (C=O) groups is 1. The van der Waals surface area contributed by atoms with Gasteiger partial charge < -0.3 is 4.57 Å². The van der Waals surface area contributed by atoms with Crippen molar-refractivity contribution >= 4 is 6.29 Å². The summed E-state index contributed by atoms with van der Waals surface area (Å²) in [5.74, 6) is 0.192. The maximum atomic E-state index is 13.4. The van der Waals surface area contributed by atoms with Gasteiger partial charge >= 0.3 is 0 Å². The van der Waals surface area contributed by atoms with E-state index in [4.69, 9.17) is 0 Å². The van der Waals surface area contributed by atoms with Gasteiger partial charge in [-0.25, -0.2) is 9.37 Å². The molecule has 3 nitrogen and oxygen atoms in total. The fourth-order valence-corrected chi connectivity index (χ4v) is 1.59. The third-order valence-electron chi connectivity index (χ3n) is 2.44. The predicted molar refractivity (Wildman–Crippen MR) is 58.7 cm³/mol. The average Bonchev–Trinajstić information content (AvgIpc) is 2.77. The number of hydrogen-bond donors (Lipinski definition) is 0. The topological polar surface area (TPSA) is 34.9 Å². The molecule has 82 valence electrons. The standard InChI is InChI=1S/C12H11FN2O/c1-2-15-6-5-14-12(15)9-3-4-10(8-16)11(13)7-9/h3-8H,2H2,1H3. The summed E-state index contributed by atoms with van der Waals surface area (Å²) in [5, 5.41) is 0. The van der Waals surface area contributed by atoms with Crippen LogP contribution in [0, 0.1) is 5.82 Å². The smallest absolute Gasteiger partial charge is 0.152 e. The van der Waals surface area contributed by atoms with Gasteiger partial charge in [-0.3, -0.25) is 4.79 Å². The highest BCUT2D eigenvalue weighted by Gasteiger charge is 2.08. The Morgan fingerprint density at radius 2 is 2.31 bits per heavy atom. The number of aryl methyl sites for hydroxylation is 1. The number of hydrogen-bond acceptors (Lipinski definition) is 2. The zero-order valence-electron chi connectivity index (χ0n) is 8.85. The molecule has 0 aliphatic rings. The van der Waals surface area contributed by atoms with Crippen molar-refractivity contribution in [2.45, 2.75) is 13.5 Å². The van der Waals surface area contributed by atoms with Crippen LogP contribution in [0.1, 0.15) is 17.3 Å². The third-order valence-corrected chi connectivity index (χ3v) is 2.44. The summed E-state index contributed by atoms with van der Waals surface area (Å²) in [6.07, 6.45) is 4.01. The molecule has 0 unspecified atom stereocenters. The van der Waals surface area contributed by atoms with Gasteiger partial charge in [0.2, 0.25) is 0 Å². The molecule has 2 rings (SSSR count). The van der Waals surface area contributed by atoms with Gasteiger partial charge in [-0.2, -0.15) is 0 Å². The van der Waals surface area contributed by atoms with E-state index in [1.165, 1.54) is 12.1 Å². The molecular weight excluding hydrogens is 207 g/mol. The second-order valence-electron chi connectivity index (χ2n) is 3.39. The minimum atomic E-state index is -0.516. The molecule has 1 aromatic heterocycles. The quantitative estimate of drug-likeness (QED) is 0.742. The Bertz CT molecular complexity index is 519. The SMILES string of the molecule is CCn1ccnc1-c1ccc(C=O)c(F)c1. The van der Waals surface area contributed by atoms with Crippen molar-refractivity contribution in [2.24, 2.45) is 0 Å². The highest BCUT2D eigenvalue weighted by Crippen LogP contribution is 2.19. The maximum Gasteiger partial charge on any atom is 0.152 e. The third kappa shape index (κ3) is 1.74. The molecule has 0 spiro atoms. The van der Waals surface area contributed by atoms with Crippen LogP contribution in [0.25, 0.3) is 11.4 Å². The lowest BCUT2D eigenvalue weighted by Gasteiger charge is -2.05. The van der Waals surface area contributed by atoms with Gasteiger partial charge in [0.15, 0.2) is 6.29 Å². The van der Waals surface area contributed by atoms with Gasteiger partial charge in [0.1, 0.15) is 11.6 Å². The maximum absolute atomic E-state index is 13.4. The zero-order valence-corrected chi connectivity index (χ0v) is 8.85. The number of nitrogens with zero attached hydrogens (tertiary/aromatic N) is 2. The summed E-state index contributed by atoms with van der Waals surface area (Å²) in [6.45, 7) is 2.76. The van der Waals surface area contributed by atoms with Crippen LogP contribution in [-0.4, -0.2) is 15.8 Å². The molecule has 4 heteroatoms. The molecule has 0 aliphatic carbocycles. The molecule has 0 aliphatic heterocycles. The van der Waals surface area contributed by atoms with E-state index in [2.05, 4.69) is 4.98 Å². The molecule has 0 bridgehead atoms. The van der Waals surface area contributed by atoms with Crippen molar-refractivity contribution in [1.82, 2.24) is 9.55 Å². The summed E-state index contributed by atoms with van der Waals surface area (Å²) in [4.78, 5) is 14.6. The summed E-state index contributed by atoms with van der Waals surface area (Å²) in [5.41, 5.74) is 0.744. The summed E-state index contributed by atoms with van der Waals surface area (Å²) < 4.78 is 15.3. The van der Waals surface area contributed by atoms with Gasteiger partial charge in [-0.05, 0) is 19.1 Å². The molecule has 1 heterocycles. The predicted octanol–water partition coefficient (Wildman–Crippen LogP) is 2.52. The second-order valence-corrected chi connectivity index (χ2v) is 3.39. The van der Waals surface area contributed by atoms with Gasteiger partial charge in [-0.1, -0.05) is 6.07 Å². The Morgan fingerprint density at radius 3 is 2.94 bits per heavy atom. The first-order valence-electron chi connectivity index (χ1n) is 5.02. The van der Waals surface area contributed by atoms with Crippen molar-refractivity contribution in [2.75, 3.05) is 0 Å². The fraction of sp³-hybridized carbons (Fsp3) is 0.167. The molecule has 0 amide bonds. The molecule has 0 N–H and O–H groups in total. The van der Waals surface area contributed by atoms with E-state index < -0.39 is 5.82 Å². The highest BCUT2D eigenvalue weighted by molar-refractivity contribution is 5.76. The minimum absolute atomic E-state index is 0.0679. The number of halogens is 1. The normalized spacial score (nSPS) is 10.4. The van der Waals surface area contributed by atoms with Gasteiger partial charge in [0.25, 0.3) is 0 Å². The zero-order chi connectivity index (χ0) is 11.5. The Balaban J connectivity index is 2.49. The number of imidazole rings is 1. The first-order chi connectivity index (χ1) is 7.76. The Kier molecular flexibility index (Phi) is 2.81. The summed E-state index contributed by atoms with van der Waals surface area (Å²) in [6, 6.07) is 4.49. The largest absolute Gasteiger partial charge is 0.331 e. The van der Waals surface area contributed by atoms with Crippen LogP contribution in [0.3, 0.4) is 0 Å². The number of carbonyl (C=O) groups excluding carboxylic acids is 1.